The number of hydrogen-bond donors (Lipinski definition) is 0. The van der Waals surface area contributed by atoms with Crippen LogP contribution in [0.25, 0.3) is 77.9 Å². The smallest absolute Gasteiger partial charge is 0.220 e. The summed E-state index contributed by atoms with van der Waals surface area (Å²) in [5, 5.41) is 2.16. The molecule has 0 aliphatic carbocycles. The van der Waals surface area contributed by atoms with Gasteiger partial charge in [0, 0.05) is 28.1 Å². The Labute approximate surface area is 234 Å². The Morgan fingerprint density at radius 1 is 0.537 bits per heavy atom. The molecule has 5 heteroatoms. The Kier molecular flexibility index (Phi) is 4.55. The van der Waals surface area contributed by atoms with Crippen LogP contribution in [0.1, 0.15) is 0 Å². The topological polar surface area (TPSA) is 48.3 Å². The minimum atomic E-state index is 0.798. The molecule has 4 heterocycles. The lowest BCUT2D eigenvalue weighted by Gasteiger charge is -2.15. The van der Waals surface area contributed by atoms with Crippen LogP contribution in [0.15, 0.2) is 138 Å². The lowest BCUT2D eigenvalue weighted by molar-refractivity contribution is 0.668. The fraction of sp³-hybridized carbons (Fsp3) is 0. The fourth-order valence-corrected chi connectivity index (χ4v) is 6.25. The summed E-state index contributed by atoms with van der Waals surface area (Å²) >= 11 is 0. The SMILES string of the molecule is c1ccc(-c2nccc3c2oc2ccccc23)c(-c2ccccc2-n2c3ccccc3n3c4ccccc4nc23)c1. The van der Waals surface area contributed by atoms with Crippen LogP contribution in [0.5, 0.6) is 0 Å². The number of rotatable bonds is 3. The second-order valence-corrected chi connectivity index (χ2v) is 10.3. The summed E-state index contributed by atoms with van der Waals surface area (Å²) in [4.78, 5) is 9.97. The van der Waals surface area contributed by atoms with E-state index in [1.165, 1.54) is 0 Å². The van der Waals surface area contributed by atoms with E-state index in [0.717, 1.165) is 77.9 Å². The summed E-state index contributed by atoms with van der Waals surface area (Å²) in [6, 6.07) is 44.0. The second-order valence-electron chi connectivity index (χ2n) is 10.3. The fourth-order valence-electron chi connectivity index (χ4n) is 6.25. The number of pyridine rings is 1. The van der Waals surface area contributed by atoms with Crippen molar-refractivity contribution in [2.24, 2.45) is 0 Å². The first-order valence-electron chi connectivity index (χ1n) is 13.7. The number of nitrogens with zero attached hydrogens (tertiary/aromatic N) is 4. The number of hydrogen-bond acceptors (Lipinski definition) is 3. The van der Waals surface area contributed by atoms with E-state index in [1.807, 2.05) is 36.5 Å². The average Bonchev–Trinajstić information content (AvgIpc) is 3.70. The van der Waals surface area contributed by atoms with Crippen molar-refractivity contribution < 1.29 is 4.42 Å². The van der Waals surface area contributed by atoms with Crippen LogP contribution in [0.2, 0.25) is 0 Å². The van der Waals surface area contributed by atoms with Gasteiger partial charge in [0.05, 0.1) is 27.8 Å². The van der Waals surface area contributed by atoms with Gasteiger partial charge in [-0.1, -0.05) is 84.9 Å². The maximum absolute atomic E-state index is 6.40. The first kappa shape index (κ1) is 22.2. The van der Waals surface area contributed by atoms with Crippen molar-refractivity contribution in [3.05, 3.63) is 134 Å². The number of imidazole rings is 2. The van der Waals surface area contributed by atoms with Gasteiger partial charge in [-0.15, -0.1) is 0 Å². The lowest BCUT2D eigenvalue weighted by atomic mass is 9.95. The van der Waals surface area contributed by atoms with Crippen LogP contribution >= 0.6 is 0 Å². The molecule has 0 radical (unpaired) electrons. The zero-order valence-corrected chi connectivity index (χ0v) is 21.9. The number of fused-ring (bicyclic) bond motifs is 8. The molecule has 41 heavy (non-hydrogen) atoms. The van der Waals surface area contributed by atoms with Crippen molar-refractivity contribution in [2.75, 3.05) is 0 Å². The predicted molar refractivity (Wildman–Crippen MR) is 165 cm³/mol. The number of aromatic nitrogens is 4. The average molecular weight is 527 g/mol. The lowest BCUT2D eigenvalue weighted by Crippen LogP contribution is -1.99. The molecule has 0 atom stereocenters. The quantitative estimate of drug-likeness (QED) is 0.231. The molecule has 9 rings (SSSR count). The maximum Gasteiger partial charge on any atom is 0.220 e. The van der Waals surface area contributed by atoms with Gasteiger partial charge in [-0.3, -0.25) is 14.0 Å². The van der Waals surface area contributed by atoms with Crippen molar-refractivity contribution in [2.45, 2.75) is 0 Å². The van der Waals surface area contributed by atoms with Crippen LogP contribution in [0.3, 0.4) is 0 Å². The van der Waals surface area contributed by atoms with E-state index in [9.17, 15) is 0 Å². The van der Waals surface area contributed by atoms with E-state index in [0.29, 0.717) is 0 Å². The highest BCUT2D eigenvalue weighted by atomic mass is 16.3. The highest BCUT2D eigenvalue weighted by molar-refractivity contribution is 6.09. The molecule has 5 aromatic carbocycles. The highest BCUT2D eigenvalue weighted by Gasteiger charge is 2.21. The molecule has 192 valence electrons. The standard InChI is InChI=1S/C36H22N4O/c1-2-14-26(34-35-27(21-22-37-34)25-13-4-10-20-33(25)41-35)23(11-1)24-12-3-6-16-29(24)39-31-18-8-9-19-32(31)40-30-17-7-5-15-28(30)38-36(39)40/h1-22H. The van der Waals surface area contributed by atoms with E-state index in [4.69, 9.17) is 14.4 Å². The molecule has 5 nitrogen and oxygen atoms in total. The Bertz CT molecular complexity index is 2440. The van der Waals surface area contributed by atoms with Crippen molar-refractivity contribution in [1.82, 2.24) is 18.9 Å². The van der Waals surface area contributed by atoms with Crippen molar-refractivity contribution >= 4 is 49.8 Å². The van der Waals surface area contributed by atoms with Gasteiger partial charge in [0.2, 0.25) is 5.78 Å². The molecule has 0 N–H and O–H groups in total. The molecule has 0 amide bonds. The molecule has 4 aromatic heterocycles. The van der Waals surface area contributed by atoms with Crippen LogP contribution in [-0.2, 0) is 0 Å². The largest absolute Gasteiger partial charge is 0.454 e. The van der Waals surface area contributed by atoms with Gasteiger partial charge in [-0.2, -0.15) is 0 Å². The summed E-state index contributed by atoms with van der Waals surface area (Å²) in [6.45, 7) is 0. The van der Waals surface area contributed by atoms with Crippen LogP contribution < -0.4 is 0 Å². The minimum Gasteiger partial charge on any atom is -0.454 e. The number of para-hydroxylation sites is 6. The zero-order valence-electron chi connectivity index (χ0n) is 21.9. The Balaban J connectivity index is 1.35. The van der Waals surface area contributed by atoms with Gasteiger partial charge >= 0.3 is 0 Å². The van der Waals surface area contributed by atoms with Gasteiger partial charge < -0.3 is 4.42 Å². The van der Waals surface area contributed by atoms with E-state index in [2.05, 4.69) is 106 Å². The van der Waals surface area contributed by atoms with Crippen LogP contribution in [-0.4, -0.2) is 18.9 Å². The third-order valence-electron chi connectivity index (χ3n) is 8.02. The Morgan fingerprint density at radius 3 is 2.12 bits per heavy atom. The summed E-state index contributed by atoms with van der Waals surface area (Å²) in [6.07, 6.45) is 1.88. The first-order valence-corrected chi connectivity index (χ1v) is 13.7. The minimum absolute atomic E-state index is 0.798. The summed E-state index contributed by atoms with van der Waals surface area (Å²) in [7, 11) is 0. The molecule has 9 aromatic rings. The van der Waals surface area contributed by atoms with Crippen LogP contribution in [0, 0.1) is 0 Å². The van der Waals surface area contributed by atoms with E-state index in [-0.39, 0.29) is 0 Å². The highest BCUT2D eigenvalue weighted by Crippen LogP contribution is 2.41. The Hall–Kier alpha value is -5.68. The third-order valence-corrected chi connectivity index (χ3v) is 8.02. The van der Waals surface area contributed by atoms with Gasteiger partial charge in [0.15, 0.2) is 5.58 Å². The van der Waals surface area contributed by atoms with Crippen molar-refractivity contribution in [1.29, 1.82) is 0 Å². The van der Waals surface area contributed by atoms with E-state index in [1.54, 1.807) is 0 Å². The van der Waals surface area contributed by atoms with Gasteiger partial charge in [0.1, 0.15) is 11.3 Å². The molecule has 0 spiro atoms. The van der Waals surface area contributed by atoms with E-state index < -0.39 is 0 Å². The number of benzene rings is 5. The maximum atomic E-state index is 6.40. The third kappa shape index (κ3) is 3.11. The number of furan rings is 1. The first-order chi connectivity index (χ1) is 20.4. The molecule has 0 bridgehead atoms. The normalized spacial score (nSPS) is 11.9. The molecule has 0 saturated carbocycles. The van der Waals surface area contributed by atoms with Gasteiger partial charge in [0.25, 0.3) is 0 Å². The molecule has 0 aliphatic heterocycles. The zero-order chi connectivity index (χ0) is 26.9. The summed E-state index contributed by atoms with van der Waals surface area (Å²) in [5.74, 6) is 0.884. The monoisotopic (exact) mass is 526 g/mol. The molecular weight excluding hydrogens is 504 g/mol. The summed E-state index contributed by atoms with van der Waals surface area (Å²) < 4.78 is 10.9. The molecular formula is C36H22N4O. The molecule has 0 saturated heterocycles. The van der Waals surface area contributed by atoms with E-state index >= 15 is 0 Å². The molecule has 0 unspecified atom stereocenters. The van der Waals surface area contributed by atoms with Crippen molar-refractivity contribution in [3.63, 3.8) is 0 Å². The van der Waals surface area contributed by atoms with Crippen molar-refractivity contribution in [3.8, 4) is 28.1 Å². The van der Waals surface area contributed by atoms with Crippen LogP contribution in [0.4, 0.5) is 0 Å². The van der Waals surface area contributed by atoms with Gasteiger partial charge in [-0.25, -0.2) is 4.98 Å². The van der Waals surface area contributed by atoms with Gasteiger partial charge in [-0.05, 0) is 48.0 Å². The second kappa shape index (κ2) is 8.41. The summed E-state index contributed by atoms with van der Waals surface area (Å²) in [5.41, 5.74) is 11.0. The molecule has 0 fully saturated rings. The predicted octanol–water partition coefficient (Wildman–Crippen LogP) is 9.06. The Morgan fingerprint density at radius 2 is 1.22 bits per heavy atom. The molecule has 0 aliphatic rings.